The molecule has 0 aliphatic carbocycles. The first kappa shape index (κ1) is 14.8. The number of rotatable bonds is 5. The van der Waals surface area contributed by atoms with Crippen molar-refractivity contribution in [1.82, 2.24) is 9.97 Å². The summed E-state index contributed by atoms with van der Waals surface area (Å²) in [6.07, 6.45) is 3.56. The largest absolute Gasteiger partial charge is 0.373 e. The highest BCUT2D eigenvalue weighted by Crippen LogP contribution is 2.29. The third-order valence-electron chi connectivity index (χ3n) is 3.06. The predicted octanol–water partition coefficient (Wildman–Crippen LogP) is 4.29. The lowest BCUT2D eigenvalue weighted by Gasteiger charge is -2.14. The number of aromatic nitrogens is 2. The minimum Gasteiger partial charge on any atom is -0.373 e. The zero-order valence-electron chi connectivity index (χ0n) is 12.0. The van der Waals surface area contributed by atoms with Crippen LogP contribution in [0, 0.1) is 6.92 Å². The molecule has 1 aromatic carbocycles. The topological polar surface area (TPSA) is 49.8 Å². The Morgan fingerprint density at radius 1 is 1.20 bits per heavy atom. The molecule has 2 N–H and O–H groups in total. The fourth-order valence-corrected chi connectivity index (χ4v) is 2.66. The number of hydrogen-bond acceptors (Lipinski definition) is 4. The highest BCUT2D eigenvalue weighted by atomic mass is 79.9. The summed E-state index contributed by atoms with van der Waals surface area (Å²) in [5.74, 6) is 1.74. The maximum Gasteiger partial charge on any atom is 0.139 e. The van der Waals surface area contributed by atoms with E-state index in [1.807, 2.05) is 7.05 Å². The van der Waals surface area contributed by atoms with Crippen LogP contribution in [-0.4, -0.2) is 17.0 Å². The molecule has 4 nitrogen and oxygen atoms in total. The number of hydrogen-bond donors (Lipinski definition) is 2. The van der Waals surface area contributed by atoms with Gasteiger partial charge in [-0.1, -0.05) is 19.4 Å². The number of aryl methyl sites for hydroxylation is 1. The van der Waals surface area contributed by atoms with E-state index < -0.39 is 0 Å². The molecule has 0 fully saturated rings. The van der Waals surface area contributed by atoms with Gasteiger partial charge in [0.2, 0.25) is 0 Å². The lowest BCUT2D eigenvalue weighted by molar-refractivity contribution is 0.905. The summed E-state index contributed by atoms with van der Waals surface area (Å²) < 4.78 is 1.03. The van der Waals surface area contributed by atoms with Crippen LogP contribution in [-0.2, 0) is 6.42 Å². The maximum atomic E-state index is 4.38. The zero-order valence-corrected chi connectivity index (χ0v) is 13.6. The van der Waals surface area contributed by atoms with Crippen molar-refractivity contribution in [2.24, 2.45) is 0 Å². The summed E-state index contributed by atoms with van der Waals surface area (Å²) in [7, 11) is 1.88. The van der Waals surface area contributed by atoms with Crippen molar-refractivity contribution >= 4 is 33.3 Å². The SMILES string of the molecule is CCCc1c(NC)ncnc1Nc1ccc(C)cc1Br. The molecule has 0 saturated carbocycles. The molecule has 0 spiro atoms. The van der Waals surface area contributed by atoms with Gasteiger partial charge >= 0.3 is 0 Å². The van der Waals surface area contributed by atoms with E-state index >= 15 is 0 Å². The number of nitrogens with zero attached hydrogens (tertiary/aromatic N) is 2. The summed E-state index contributed by atoms with van der Waals surface area (Å²) >= 11 is 3.58. The van der Waals surface area contributed by atoms with Gasteiger partial charge in [0, 0.05) is 17.1 Å². The van der Waals surface area contributed by atoms with Crippen molar-refractivity contribution in [2.45, 2.75) is 26.7 Å². The van der Waals surface area contributed by atoms with Crippen LogP contribution in [0.25, 0.3) is 0 Å². The van der Waals surface area contributed by atoms with Gasteiger partial charge in [-0.25, -0.2) is 9.97 Å². The summed E-state index contributed by atoms with van der Waals surface area (Å²) in [5.41, 5.74) is 3.34. The first-order chi connectivity index (χ1) is 9.65. The minimum absolute atomic E-state index is 0.857. The molecule has 0 radical (unpaired) electrons. The zero-order chi connectivity index (χ0) is 14.5. The molecule has 0 saturated heterocycles. The fraction of sp³-hybridized carbons (Fsp3) is 0.333. The van der Waals surface area contributed by atoms with E-state index in [1.54, 1.807) is 6.33 Å². The average molecular weight is 335 g/mol. The van der Waals surface area contributed by atoms with E-state index in [1.165, 1.54) is 5.56 Å². The van der Waals surface area contributed by atoms with Crippen LogP contribution >= 0.6 is 15.9 Å². The molecule has 1 aromatic heterocycles. The first-order valence-electron chi connectivity index (χ1n) is 6.70. The summed E-state index contributed by atoms with van der Waals surface area (Å²) in [6.45, 7) is 4.22. The van der Waals surface area contributed by atoms with E-state index in [0.717, 1.165) is 40.2 Å². The predicted molar refractivity (Wildman–Crippen MR) is 87.7 cm³/mol. The third kappa shape index (κ3) is 3.28. The molecule has 20 heavy (non-hydrogen) atoms. The van der Waals surface area contributed by atoms with Crippen molar-refractivity contribution in [3.8, 4) is 0 Å². The Kier molecular flexibility index (Phi) is 4.95. The monoisotopic (exact) mass is 334 g/mol. The van der Waals surface area contributed by atoms with Crippen LogP contribution in [0.5, 0.6) is 0 Å². The normalized spacial score (nSPS) is 10.4. The van der Waals surface area contributed by atoms with Gasteiger partial charge in [-0.15, -0.1) is 0 Å². The van der Waals surface area contributed by atoms with Crippen molar-refractivity contribution in [2.75, 3.05) is 17.7 Å². The van der Waals surface area contributed by atoms with Crippen molar-refractivity contribution < 1.29 is 0 Å². The Hall–Kier alpha value is -1.62. The highest BCUT2D eigenvalue weighted by Gasteiger charge is 2.11. The van der Waals surface area contributed by atoms with Crippen LogP contribution in [0.1, 0.15) is 24.5 Å². The molecule has 0 unspecified atom stereocenters. The molecular formula is C15H19BrN4. The van der Waals surface area contributed by atoms with Gasteiger partial charge < -0.3 is 10.6 Å². The Labute approximate surface area is 128 Å². The molecular weight excluding hydrogens is 316 g/mol. The molecule has 1 heterocycles. The highest BCUT2D eigenvalue weighted by molar-refractivity contribution is 9.10. The molecule has 0 amide bonds. The van der Waals surface area contributed by atoms with Crippen LogP contribution < -0.4 is 10.6 Å². The van der Waals surface area contributed by atoms with E-state index in [-0.39, 0.29) is 0 Å². The van der Waals surface area contributed by atoms with Gasteiger partial charge in [-0.3, -0.25) is 0 Å². The standard InChI is InChI=1S/C15H19BrN4/c1-4-5-11-14(17-3)18-9-19-15(11)20-13-7-6-10(2)8-12(13)16/h6-9H,4-5H2,1-3H3,(H2,17,18,19,20). The molecule has 0 aliphatic heterocycles. The Bertz CT molecular complexity index is 598. The molecule has 106 valence electrons. The smallest absolute Gasteiger partial charge is 0.139 e. The number of halogens is 1. The second-order valence-corrected chi connectivity index (χ2v) is 5.51. The van der Waals surface area contributed by atoms with Gasteiger partial charge in [0.25, 0.3) is 0 Å². The average Bonchev–Trinajstić information content (AvgIpc) is 2.43. The second-order valence-electron chi connectivity index (χ2n) is 4.66. The number of benzene rings is 1. The van der Waals surface area contributed by atoms with Crippen molar-refractivity contribution in [3.05, 3.63) is 40.1 Å². The maximum absolute atomic E-state index is 4.38. The molecule has 0 aliphatic rings. The van der Waals surface area contributed by atoms with Gasteiger partial charge in [0.1, 0.15) is 18.0 Å². The van der Waals surface area contributed by atoms with E-state index in [4.69, 9.17) is 0 Å². The van der Waals surface area contributed by atoms with E-state index in [2.05, 4.69) is 68.6 Å². The molecule has 0 bridgehead atoms. The van der Waals surface area contributed by atoms with Gasteiger partial charge in [-0.2, -0.15) is 0 Å². The lowest BCUT2D eigenvalue weighted by Crippen LogP contribution is -2.05. The Morgan fingerprint density at radius 2 is 1.95 bits per heavy atom. The van der Waals surface area contributed by atoms with Gasteiger partial charge in [-0.05, 0) is 47.0 Å². The quantitative estimate of drug-likeness (QED) is 0.856. The van der Waals surface area contributed by atoms with Gasteiger partial charge in [0.15, 0.2) is 0 Å². The van der Waals surface area contributed by atoms with Gasteiger partial charge in [0.05, 0.1) is 5.69 Å². The lowest BCUT2D eigenvalue weighted by atomic mass is 10.1. The molecule has 2 rings (SSSR count). The van der Waals surface area contributed by atoms with E-state index in [9.17, 15) is 0 Å². The summed E-state index contributed by atoms with van der Waals surface area (Å²) in [6, 6.07) is 6.21. The molecule has 5 heteroatoms. The summed E-state index contributed by atoms with van der Waals surface area (Å²) in [5, 5.41) is 6.52. The Balaban J connectivity index is 2.37. The van der Waals surface area contributed by atoms with Crippen molar-refractivity contribution in [3.63, 3.8) is 0 Å². The van der Waals surface area contributed by atoms with Crippen LogP contribution in [0.2, 0.25) is 0 Å². The Morgan fingerprint density at radius 3 is 2.60 bits per heavy atom. The number of nitrogens with one attached hydrogen (secondary N) is 2. The second kappa shape index (κ2) is 6.70. The third-order valence-corrected chi connectivity index (χ3v) is 3.72. The molecule has 0 atom stereocenters. The van der Waals surface area contributed by atoms with Crippen LogP contribution in [0.4, 0.5) is 17.3 Å². The van der Waals surface area contributed by atoms with Crippen LogP contribution in [0.15, 0.2) is 29.0 Å². The minimum atomic E-state index is 0.857. The van der Waals surface area contributed by atoms with Crippen LogP contribution in [0.3, 0.4) is 0 Å². The van der Waals surface area contributed by atoms with Crippen molar-refractivity contribution in [1.29, 1.82) is 0 Å². The fourth-order valence-electron chi connectivity index (χ4n) is 2.07. The van der Waals surface area contributed by atoms with E-state index in [0.29, 0.717) is 0 Å². The molecule has 2 aromatic rings. The summed E-state index contributed by atoms with van der Waals surface area (Å²) in [4.78, 5) is 8.66. The first-order valence-corrected chi connectivity index (χ1v) is 7.49. The number of anilines is 3.